The van der Waals surface area contributed by atoms with E-state index in [4.69, 9.17) is 10.00 Å². The minimum Gasteiger partial charge on any atom is -0.488 e. The van der Waals surface area contributed by atoms with E-state index in [0.717, 1.165) is 53.7 Å². The highest BCUT2D eigenvalue weighted by atomic mass is 16.5. The van der Waals surface area contributed by atoms with Crippen molar-refractivity contribution in [3.05, 3.63) is 30.2 Å². The number of rotatable bonds is 3. The Kier molecular flexibility index (Phi) is 3.36. The lowest BCUT2D eigenvalue weighted by Gasteiger charge is -2.15. The molecule has 4 heterocycles. The van der Waals surface area contributed by atoms with Crippen LogP contribution < -0.4 is 4.74 Å². The average Bonchev–Trinajstić information content (AvgIpc) is 3.18. The lowest BCUT2D eigenvalue weighted by Crippen LogP contribution is -2.24. The van der Waals surface area contributed by atoms with Gasteiger partial charge in [-0.1, -0.05) is 6.92 Å². The lowest BCUT2D eigenvalue weighted by atomic mass is 10.2. The molecule has 1 saturated heterocycles. The van der Waals surface area contributed by atoms with E-state index in [0.29, 0.717) is 5.69 Å². The van der Waals surface area contributed by atoms with Gasteiger partial charge in [0.15, 0.2) is 0 Å². The molecule has 1 unspecified atom stereocenters. The number of likely N-dealkylation sites (tertiary alicyclic amines) is 1. The number of hydrogen-bond donors (Lipinski definition) is 1. The summed E-state index contributed by atoms with van der Waals surface area (Å²) in [6.45, 7) is 5.25. The van der Waals surface area contributed by atoms with Gasteiger partial charge in [0, 0.05) is 24.7 Å². The summed E-state index contributed by atoms with van der Waals surface area (Å²) in [5.41, 5.74) is 2.02. The molecule has 1 atom stereocenters. The lowest BCUT2D eigenvalue weighted by molar-refractivity contribution is 0.205. The number of fused-ring (bicyclic) bond motifs is 3. The highest BCUT2D eigenvalue weighted by Crippen LogP contribution is 2.33. The molecule has 4 rings (SSSR count). The topological polar surface area (TPSA) is 77.8 Å². The van der Waals surface area contributed by atoms with E-state index < -0.39 is 0 Å². The van der Waals surface area contributed by atoms with E-state index in [1.165, 1.54) is 0 Å². The zero-order chi connectivity index (χ0) is 15.8. The van der Waals surface area contributed by atoms with Crippen molar-refractivity contribution in [3.63, 3.8) is 0 Å². The molecule has 116 valence electrons. The highest BCUT2D eigenvalue weighted by molar-refractivity contribution is 6.09. The summed E-state index contributed by atoms with van der Waals surface area (Å²) in [7, 11) is 0. The van der Waals surface area contributed by atoms with Crippen LogP contribution in [0.2, 0.25) is 0 Å². The van der Waals surface area contributed by atoms with Crippen molar-refractivity contribution in [1.82, 2.24) is 19.9 Å². The minimum atomic E-state index is 0.197. The third-order valence-electron chi connectivity index (χ3n) is 4.42. The molecule has 0 bridgehead atoms. The first-order chi connectivity index (χ1) is 11.3. The second kappa shape index (κ2) is 5.52. The van der Waals surface area contributed by atoms with Crippen LogP contribution in [-0.2, 0) is 0 Å². The number of ether oxygens (including phenoxy) is 1. The van der Waals surface area contributed by atoms with E-state index in [9.17, 15) is 0 Å². The number of aromatic nitrogens is 3. The number of hydrogen-bond acceptors (Lipinski definition) is 5. The van der Waals surface area contributed by atoms with Crippen molar-refractivity contribution in [1.29, 1.82) is 5.26 Å². The van der Waals surface area contributed by atoms with Crippen LogP contribution in [0.15, 0.2) is 24.5 Å². The molecule has 1 aliphatic heterocycles. The Morgan fingerprint density at radius 1 is 1.48 bits per heavy atom. The van der Waals surface area contributed by atoms with Gasteiger partial charge in [0.25, 0.3) is 0 Å². The predicted octanol–water partition coefficient (Wildman–Crippen LogP) is 2.46. The Morgan fingerprint density at radius 3 is 3.17 bits per heavy atom. The first-order valence-corrected chi connectivity index (χ1v) is 7.84. The fourth-order valence-electron chi connectivity index (χ4n) is 3.21. The Morgan fingerprint density at radius 2 is 2.39 bits per heavy atom. The molecule has 0 saturated carbocycles. The number of pyridine rings is 2. The maximum atomic E-state index is 9.09. The summed E-state index contributed by atoms with van der Waals surface area (Å²) < 4.78 is 6.26. The minimum absolute atomic E-state index is 0.197. The number of nitrogens with one attached hydrogen (secondary N) is 1. The first-order valence-electron chi connectivity index (χ1n) is 7.84. The second-order valence-corrected chi connectivity index (χ2v) is 5.81. The third-order valence-corrected chi connectivity index (χ3v) is 4.42. The molecule has 0 aromatic carbocycles. The van der Waals surface area contributed by atoms with Crippen molar-refractivity contribution in [2.45, 2.75) is 19.4 Å². The predicted molar refractivity (Wildman–Crippen MR) is 87.3 cm³/mol. The van der Waals surface area contributed by atoms with Crippen LogP contribution in [-0.4, -0.2) is 45.6 Å². The summed E-state index contributed by atoms with van der Waals surface area (Å²) in [6, 6.07) is 5.77. The van der Waals surface area contributed by atoms with Gasteiger partial charge in [-0.05, 0) is 25.1 Å². The summed E-state index contributed by atoms with van der Waals surface area (Å²) in [4.78, 5) is 14.1. The maximum absolute atomic E-state index is 9.09. The monoisotopic (exact) mass is 307 g/mol. The van der Waals surface area contributed by atoms with Crippen molar-refractivity contribution in [3.8, 4) is 11.8 Å². The molecule has 1 fully saturated rings. The summed E-state index contributed by atoms with van der Waals surface area (Å²) in [5.74, 6) is 0.819. The maximum Gasteiger partial charge on any atom is 0.142 e. The summed E-state index contributed by atoms with van der Waals surface area (Å²) in [5, 5.41) is 10.9. The van der Waals surface area contributed by atoms with Crippen LogP contribution in [0, 0.1) is 11.3 Å². The Bertz CT molecular complexity index is 910. The molecule has 0 aliphatic carbocycles. The molecule has 6 heteroatoms. The molecule has 3 aromatic rings. The zero-order valence-electron chi connectivity index (χ0n) is 12.9. The third kappa shape index (κ3) is 2.39. The van der Waals surface area contributed by atoms with Crippen LogP contribution in [0.3, 0.4) is 0 Å². The van der Waals surface area contributed by atoms with Crippen LogP contribution >= 0.6 is 0 Å². The van der Waals surface area contributed by atoms with Gasteiger partial charge in [0.2, 0.25) is 0 Å². The number of nitrogens with zero attached hydrogens (tertiary/aromatic N) is 4. The van der Waals surface area contributed by atoms with E-state index >= 15 is 0 Å². The van der Waals surface area contributed by atoms with Crippen LogP contribution in [0.5, 0.6) is 5.75 Å². The number of H-pyrrole nitrogens is 1. The van der Waals surface area contributed by atoms with Crippen LogP contribution in [0.1, 0.15) is 19.0 Å². The molecule has 1 N–H and O–H groups in total. The molecule has 3 aromatic heterocycles. The number of aromatic amines is 1. The highest BCUT2D eigenvalue weighted by Gasteiger charge is 2.24. The van der Waals surface area contributed by atoms with Gasteiger partial charge in [0.1, 0.15) is 29.3 Å². The average molecular weight is 307 g/mol. The molecule has 0 spiro atoms. The van der Waals surface area contributed by atoms with Gasteiger partial charge in [-0.2, -0.15) is 5.26 Å². The standard InChI is InChI=1S/C17H17N5O/c1-2-22-6-4-12(10-22)23-15-3-5-19-17-16(15)13-7-11(8-18)20-9-14(13)21-17/h3,5,7,9,12H,2,4,6,10H2,1H3,(H,19,21). The molecule has 0 radical (unpaired) electrons. The fraction of sp³-hybridized carbons (Fsp3) is 0.353. The largest absolute Gasteiger partial charge is 0.488 e. The second-order valence-electron chi connectivity index (χ2n) is 5.81. The van der Waals surface area contributed by atoms with E-state index in [2.05, 4.69) is 32.8 Å². The van der Waals surface area contributed by atoms with Crippen molar-refractivity contribution < 1.29 is 4.74 Å². The first kappa shape index (κ1) is 14.0. The van der Waals surface area contributed by atoms with Gasteiger partial charge in [0.05, 0.1) is 17.1 Å². The van der Waals surface area contributed by atoms with Gasteiger partial charge < -0.3 is 9.72 Å². The molecule has 23 heavy (non-hydrogen) atoms. The molecule has 1 aliphatic rings. The van der Waals surface area contributed by atoms with Crippen molar-refractivity contribution in [2.24, 2.45) is 0 Å². The van der Waals surface area contributed by atoms with E-state index in [1.54, 1.807) is 18.5 Å². The van der Waals surface area contributed by atoms with Gasteiger partial charge in [-0.15, -0.1) is 0 Å². The van der Waals surface area contributed by atoms with Gasteiger partial charge in [-0.25, -0.2) is 9.97 Å². The Balaban J connectivity index is 1.78. The fourth-order valence-corrected chi connectivity index (χ4v) is 3.21. The molecule has 0 amide bonds. The normalized spacial score (nSPS) is 18.5. The van der Waals surface area contributed by atoms with E-state index in [-0.39, 0.29) is 6.10 Å². The Labute approximate surface area is 133 Å². The zero-order valence-corrected chi connectivity index (χ0v) is 12.9. The van der Waals surface area contributed by atoms with Crippen molar-refractivity contribution in [2.75, 3.05) is 19.6 Å². The summed E-state index contributed by atoms with van der Waals surface area (Å²) >= 11 is 0. The Hall–Kier alpha value is -2.65. The van der Waals surface area contributed by atoms with E-state index in [1.807, 2.05) is 6.07 Å². The molecule has 6 nitrogen and oxygen atoms in total. The molecular weight excluding hydrogens is 290 g/mol. The summed E-state index contributed by atoms with van der Waals surface area (Å²) in [6.07, 6.45) is 4.65. The van der Waals surface area contributed by atoms with Gasteiger partial charge >= 0.3 is 0 Å². The van der Waals surface area contributed by atoms with Crippen LogP contribution in [0.4, 0.5) is 0 Å². The quantitative estimate of drug-likeness (QED) is 0.804. The SMILES string of the molecule is CCN1CCC(Oc2ccnc3[nH]c4cnc(C#N)cc4c23)C1. The number of nitriles is 1. The number of likely N-dealkylation sites (N-methyl/N-ethyl adjacent to an activating group) is 1. The van der Waals surface area contributed by atoms with Crippen molar-refractivity contribution >= 4 is 21.9 Å². The molecular formula is C17H17N5O. The van der Waals surface area contributed by atoms with Crippen LogP contribution in [0.25, 0.3) is 21.9 Å². The van der Waals surface area contributed by atoms with Gasteiger partial charge in [-0.3, -0.25) is 4.90 Å². The smallest absolute Gasteiger partial charge is 0.142 e.